The molecule has 0 aliphatic rings. The molecule has 4 rings (SSSR count). The largest absolute Gasteiger partial charge is 0.462 e. The Morgan fingerprint density at radius 3 is 2.59 bits per heavy atom. The normalized spacial score (nSPS) is 11.9. The molecular formula is C26H24Cl2N4O5. The number of carbonyl (C=O) groups excluding carboxylic acids is 2. The molecular weight excluding hydrogens is 519 g/mol. The minimum Gasteiger partial charge on any atom is -0.462 e. The number of rotatable bonds is 7. The smallest absolute Gasteiger partial charge is 0.341 e. The van der Waals surface area contributed by atoms with Gasteiger partial charge in [0.05, 0.1) is 22.6 Å². The quantitative estimate of drug-likeness (QED) is 0.197. The number of ether oxygens (including phenoxy) is 2. The van der Waals surface area contributed by atoms with Gasteiger partial charge >= 0.3 is 5.97 Å². The summed E-state index contributed by atoms with van der Waals surface area (Å²) in [6.45, 7) is 4.23. The molecule has 0 atom stereocenters. The number of halogens is 2. The van der Waals surface area contributed by atoms with Gasteiger partial charge in [-0.05, 0) is 56.2 Å². The molecule has 1 aromatic carbocycles. The predicted octanol–water partition coefficient (Wildman–Crippen LogP) is 4.22. The summed E-state index contributed by atoms with van der Waals surface area (Å²) in [7, 11) is 1.57. The van der Waals surface area contributed by atoms with E-state index < -0.39 is 11.9 Å². The van der Waals surface area contributed by atoms with Gasteiger partial charge in [0.15, 0.2) is 5.49 Å². The number of fused-ring (bicyclic) bond motifs is 2. The van der Waals surface area contributed by atoms with Gasteiger partial charge in [-0.2, -0.15) is 4.99 Å². The maximum atomic E-state index is 13.5. The first-order valence-corrected chi connectivity index (χ1v) is 12.3. The standard InChI is InChI=1S/C26H24Cl2N4O5/c1-4-37-26(35)19-14-18-22(29-21-15(2)7-5-10-32(21)25(18)34)31(11-6-12-36-3)23(19)30-24(33)17-9-8-16(27)13-20(17)28/h5,7-10,13-14H,4,6,11-12H2,1-3H3. The van der Waals surface area contributed by atoms with E-state index in [1.54, 1.807) is 30.9 Å². The summed E-state index contributed by atoms with van der Waals surface area (Å²) in [5.74, 6) is -1.42. The topological polar surface area (TPSA) is 104 Å². The molecule has 4 aromatic rings. The lowest BCUT2D eigenvalue weighted by Crippen LogP contribution is -2.33. The lowest BCUT2D eigenvalue weighted by atomic mass is 10.2. The fourth-order valence-corrected chi connectivity index (χ4v) is 4.45. The summed E-state index contributed by atoms with van der Waals surface area (Å²) >= 11 is 12.2. The zero-order valence-corrected chi connectivity index (χ0v) is 22.0. The van der Waals surface area contributed by atoms with Crippen LogP contribution in [0, 0.1) is 6.92 Å². The Morgan fingerprint density at radius 1 is 1.11 bits per heavy atom. The fourth-order valence-electron chi connectivity index (χ4n) is 3.96. The van der Waals surface area contributed by atoms with Gasteiger partial charge in [-0.15, -0.1) is 0 Å². The van der Waals surface area contributed by atoms with Gasteiger partial charge in [0.1, 0.15) is 16.9 Å². The van der Waals surface area contributed by atoms with Crippen molar-refractivity contribution in [1.82, 2.24) is 14.0 Å². The second kappa shape index (κ2) is 11.2. The van der Waals surface area contributed by atoms with Gasteiger partial charge in [0.25, 0.3) is 11.5 Å². The molecule has 3 heterocycles. The monoisotopic (exact) mass is 542 g/mol. The summed E-state index contributed by atoms with van der Waals surface area (Å²) < 4.78 is 13.5. The molecule has 192 valence electrons. The molecule has 9 nitrogen and oxygen atoms in total. The van der Waals surface area contributed by atoms with Crippen LogP contribution in [0.25, 0.3) is 16.7 Å². The Bertz CT molecular complexity index is 1660. The molecule has 0 aliphatic carbocycles. The molecule has 0 radical (unpaired) electrons. The maximum absolute atomic E-state index is 13.5. The van der Waals surface area contributed by atoms with E-state index in [2.05, 4.69) is 4.99 Å². The summed E-state index contributed by atoms with van der Waals surface area (Å²) in [4.78, 5) is 48.8. The molecule has 1 amide bonds. The number of pyridine rings is 2. The molecule has 11 heteroatoms. The van der Waals surface area contributed by atoms with E-state index in [-0.39, 0.29) is 51.4 Å². The molecule has 0 bridgehead atoms. The lowest BCUT2D eigenvalue weighted by Gasteiger charge is -2.15. The van der Waals surface area contributed by atoms with Gasteiger partial charge in [-0.25, -0.2) is 9.78 Å². The van der Waals surface area contributed by atoms with Crippen LogP contribution in [0.5, 0.6) is 0 Å². The van der Waals surface area contributed by atoms with E-state index in [9.17, 15) is 14.4 Å². The fraction of sp³-hybridized carbons (Fsp3) is 0.269. The van der Waals surface area contributed by atoms with E-state index in [4.69, 9.17) is 37.7 Å². The number of carbonyl (C=O) groups is 2. The number of hydrogen-bond acceptors (Lipinski definition) is 6. The van der Waals surface area contributed by atoms with Crippen LogP contribution >= 0.6 is 23.2 Å². The van der Waals surface area contributed by atoms with Gasteiger partial charge in [0.2, 0.25) is 0 Å². The first-order valence-electron chi connectivity index (χ1n) is 11.5. The lowest BCUT2D eigenvalue weighted by molar-refractivity contribution is 0.0523. The first-order chi connectivity index (χ1) is 17.8. The number of amides is 1. The summed E-state index contributed by atoms with van der Waals surface area (Å²) in [5, 5.41) is 0.657. The number of hydrogen-bond donors (Lipinski definition) is 0. The Kier molecular flexibility index (Phi) is 8.06. The summed E-state index contributed by atoms with van der Waals surface area (Å²) in [6, 6.07) is 9.37. The highest BCUT2D eigenvalue weighted by Crippen LogP contribution is 2.22. The van der Waals surface area contributed by atoms with Crippen molar-refractivity contribution in [3.8, 4) is 0 Å². The molecule has 3 aromatic heterocycles. The molecule has 0 aliphatic heterocycles. The summed E-state index contributed by atoms with van der Waals surface area (Å²) in [6.07, 6.45) is 2.11. The highest BCUT2D eigenvalue weighted by Gasteiger charge is 2.21. The average Bonchev–Trinajstić information content (AvgIpc) is 2.86. The SMILES string of the molecule is CCOC(=O)c1cc2c(=O)n3cccc(C)c3nc2n(CCCOC)c1=NC(=O)c1ccc(Cl)cc1Cl. The average molecular weight is 543 g/mol. The Labute approximate surface area is 221 Å². The van der Waals surface area contributed by atoms with Crippen LogP contribution in [-0.2, 0) is 16.0 Å². The second-order valence-corrected chi connectivity index (χ2v) is 9.02. The van der Waals surface area contributed by atoms with Crippen LogP contribution in [-0.4, -0.2) is 46.2 Å². The second-order valence-electron chi connectivity index (χ2n) is 8.18. The number of nitrogens with zero attached hydrogens (tertiary/aromatic N) is 4. The van der Waals surface area contributed by atoms with Crippen molar-refractivity contribution >= 4 is 51.8 Å². The number of aryl methyl sites for hydroxylation is 2. The van der Waals surface area contributed by atoms with Crippen molar-refractivity contribution in [2.24, 2.45) is 4.99 Å². The van der Waals surface area contributed by atoms with Crippen LogP contribution in [0.3, 0.4) is 0 Å². The van der Waals surface area contributed by atoms with Crippen LogP contribution < -0.4 is 11.0 Å². The van der Waals surface area contributed by atoms with Crippen LogP contribution in [0.4, 0.5) is 0 Å². The molecule has 0 saturated heterocycles. The number of esters is 1. The highest BCUT2D eigenvalue weighted by molar-refractivity contribution is 6.36. The Hall–Kier alpha value is -3.53. The van der Waals surface area contributed by atoms with Crippen molar-refractivity contribution in [1.29, 1.82) is 0 Å². The molecule has 0 fully saturated rings. The van der Waals surface area contributed by atoms with Crippen molar-refractivity contribution in [2.45, 2.75) is 26.8 Å². The zero-order chi connectivity index (χ0) is 26.7. The Morgan fingerprint density at radius 2 is 1.89 bits per heavy atom. The first kappa shape index (κ1) is 26.5. The van der Waals surface area contributed by atoms with Gasteiger partial charge in [0, 0.05) is 31.5 Å². The van der Waals surface area contributed by atoms with E-state index in [1.165, 1.54) is 28.7 Å². The van der Waals surface area contributed by atoms with Crippen molar-refractivity contribution < 1.29 is 19.1 Å². The van der Waals surface area contributed by atoms with Crippen molar-refractivity contribution in [2.75, 3.05) is 20.3 Å². The van der Waals surface area contributed by atoms with E-state index in [0.29, 0.717) is 23.7 Å². The van der Waals surface area contributed by atoms with Gasteiger partial charge in [-0.1, -0.05) is 29.3 Å². The van der Waals surface area contributed by atoms with Crippen molar-refractivity contribution in [3.05, 3.63) is 85.2 Å². The third-order valence-electron chi connectivity index (χ3n) is 5.70. The van der Waals surface area contributed by atoms with Crippen LogP contribution in [0.15, 0.2) is 52.4 Å². The maximum Gasteiger partial charge on any atom is 0.341 e. The number of methoxy groups -OCH3 is 1. The molecule has 0 N–H and O–H groups in total. The minimum absolute atomic E-state index is 0.00269. The van der Waals surface area contributed by atoms with Gasteiger partial charge < -0.3 is 14.0 Å². The van der Waals surface area contributed by atoms with E-state index in [1.807, 2.05) is 13.0 Å². The predicted molar refractivity (Wildman–Crippen MR) is 140 cm³/mol. The molecule has 0 spiro atoms. The zero-order valence-electron chi connectivity index (χ0n) is 20.5. The van der Waals surface area contributed by atoms with Crippen LogP contribution in [0.2, 0.25) is 10.0 Å². The highest BCUT2D eigenvalue weighted by atomic mass is 35.5. The minimum atomic E-state index is -0.729. The van der Waals surface area contributed by atoms with Gasteiger partial charge in [-0.3, -0.25) is 14.0 Å². The number of benzene rings is 1. The van der Waals surface area contributed by atoms with E-state index in [0.717, 1.165) is 5.56 Å². The van der Waals surface area contributed by atoms with Crippen LogP contribution in [0.1, 0.15) is 39.6 Å². The third-order valence-corrected chi connectivity index (χ3v) is 6.25. The Balaban J connectivity index is 2.12. The summed E-state index contributed by atoms with van der Waals surface area (Å²) in [5.41, 5.74) is 1.20. The third kappa shape index (κ3) is 5.29. The molecule has 0 unspecified atom stereocenters. The van der Waals surface area contributed by atoms with E-state index >= 15 is 0 Å². The number of aromatic nitrogens is 3. The van der Waals surface area contributed by atoms with Crippen molar-refractivity contribution in [3.63, 3.8) is 0 Å². The molecule has 37 heavy (non-hydrogen) atoms. The molecule has 0 saturated carbocycles.